The summed E-state index contributed by atoms with van der Waals surface area (Å²) in [4.78, 5) is 13.0. The van der Waals surface area contributed by atoms with Crippen molar-refractivity contribution in [3.05, 3.63) is 46.2 Å². The molecule has 2 aromatic rings. The van der Waals surface area contributed by atoms with Crippen molar-refractivity contribution in [2.75, 3.05) is 0 Å². The normalized spacial score (nSPS) is 21.8. The average molecular weight is 373 g/mol. The van der Waals surface area contributed by atoms with E-state index in [1.807, 2.05) is 18.2 Å². The van der Waals surface area contributed by atoms with Gasteiger partial charge in [0.2, 0.25) is 5.91 Å². The molecular formula is C20H25ClN4O. The number of H-pyrrole nitrogens is 1. The zero-order valence-corrected chi connectivity index (χ0v) is 15.6. The van der Waals surface area contributed by atoms with Crippen LogP contribution in [0, 0.1) is 11.8 Å². The van der Waals surface area contributed by atoms with Crippen LogP contribution in [-0.2, 0) is 17.6 Å². The molecule has 1 heterocycles. The van der Waals surface area contributed by atoms with E-state index in [0.717, 1.165) is 47.7 Å². The lowest BCUT2D eigenvalue weighted by Crippen LogP contribution is -2.39. The van der Waals surface area contributed by atoms with Crippen molar-refractivity contribution in [3.8, 4) is 0 Å². The van der Waals surface area contributed by atoms with Gasteiger partial charge in [-0.25, -0.2) is 0 Å². The molecule has 0 aliphatic heterocycles. The van der Waals surface area contributed by atoms with E-state index < -0.39 is 0 Å². The molecule has 4 rings (SSSR count). The summed E-state index contributed by atoms with van der Waals surface area (Å²) >= 11 is 6.23. The Hall–Kier alpha value is -1.88. The van der Waals surface area contributed by atoms with Gasteiger partial charge in [-0.1, -0.05) is 43.0 Å². The van der Waals surface area contributed by atoms with Crippen molar-refractivity contribution in [1.82, 2.24) is 20.7 Å². The van der Waals surface area contributed by atoms with Crippen molar-refractivity contribution < 1.29 is 4.79 Å². The summed E-state index contributed by atoms with van der Waals surface area (Å²) in [5, 5.41) is 15.1. The highest BCUT2D eigenvalue weighted by molar-refractivity contribution is 6.30. The molecule has 2 atom stereocenters. The first-order valence-corrected chi connectivity index (χ1v) is 10.0. The lowest BCUT2D eigenvalue weighted by molar-refractivity contribution is -0.126. The minimum absolute atomic E-state index is 0.0297. The number of hydrogen-bond acceptors (Lipinski definition) is 3. The van der Waals surface area contributed by atoms with Crippen LogP contribution in [0.15, 0.2) is 24.3 Å². The Bertz CT molecular complexity index is 769. The molecular weight excluding hydrogens is 348 g/mol. The summed E-state index contributed by atoms with van der Waals surface area (Å²) in [5.74, 6) is 0.587. The smallest absolute Gasteiger partial charge is 0.224 e. The van der Waals surface area contributed by atoms with Crippen LogP contribution in [0.25, 0.3) is 0 Å². The van der Waals surface area contributed by atoms with Crippen molar-refractivity contribution >= 4 is 17.5 Å². The molecule has 5 nitrogen and oxygen atoms in total. The number of benzene rings is 1. The van der Waals surface area contributed by atoms with E-state index in [4.69, 9.17) is 11.6 Å². The third-order valence-corrected chi connectivity index (χ3v) is 6.11. The summed E-state index contributed by atoms with van der Waals surface area (Å²) in [5.41, 5.74) is 3.07. The van der Waals surface area contributed by atoms with Crippen molar-refractivity contribution in [3.63, 3.8) is 0 Å². The van der Waals surface area contributed by atoms with Gasteiger partial charge >= 0.3 is 0 Å². The lowest BCUT2D eigenvalue weighted by Gasteiger charge is -2.33. The maximum atomic E-state index is 13.0. The first-order chi connectivity index (χ1) is 12.7. The SMILES string of the molecule is O=C(NC(c1cccc(Cl)c1)C1CCCCC1)C1CCc2n[nH]nc2C1. The molecule has 0 bridgehead atoms. The lowest BCUT2D eigenvalue weighted by atomic mass is 9.80. The first-order valence-electron chi connectivity index (χ1n) is 9.65. The third-order valence-electron chi connectivity index (χ3n) is 5.87. The molecule has 1 aromatic carbocycles. The molecule has 0 saturated heterocycles. The number of halogens is 1. The average Bonchev–Trinajstić information content (AvgIpc) is 3.14. The quantitative estimate of drug-likeness (QED) is 0.852. The fourth-order valence-corrected chi connectivity index (χ4v) is 4.62. The maximum absolute atomic E-state index is 13.0. The van der Waals surface area contributed by atoms with Crippen LogP contribution in [-0.4, -0.2) is 21.3 Å². The number of carbonyl (C=O) groups excluding carboxylic acids is 1. The number of nitrogens with one attached hydrogen (secondary N) is 2. The number of aryl methyl sites for hydroxylation is 1. The largest absolute Gasteiger partial charge is 0.349 e. The second kappa shape index (κ2) is 7.78. The number of nitrogens with zero attached hydrogens (tertiary/aromatic N) is 2. The molecule has 2 aliphatic carbocycles. The van der Waals surface area contributed by atoms with Crippen molar-refractivity contribution in [1.29, 1.82) is 0 Å². The number of fused-ring (bicyclic) bond motifs is 1. The molecule has 0 radical (unpaired) electrons. The van der Waals surface area contributed by atoms with Crippen molar-refractivity contribution in [2.24, 2.45) is 11.8 Å². The molecule has 1 amide bonds. The van der Waals surface area contributed by atoms with Crippen LogP contribution in [0.2, 0.25) is 5.02 Å². The molecule has 138 valence electrons. The minimum atomic E-state index is -0.0297. The Morgan fingerprint density at radius 3 is 2.77 bits per heavy atom. The van der Waals surface area contributed by atoms with Gasteiger partial charge < -0.3 is 5.32 Å². The summed E-state index contributed by atoms with van der Waals surface area (Å²) in [6.45, 7) is 0. The van der Waals surface area contributed by atoms with E-state index in [2.05, 4.69) is 26.8 Å². The third kappa shape index (κ3) is 3.78. The standard InChI is InChI=1S/C20H25ClN4O/c21-16-8-4-7-14(11-16)19(13-5-2-1-3-6-13)22-20(26)15-9-10-17-18(12-15)24-25-23-17/h4,7-8,11,13,15,19H,1-3,5-6,9-10,12H2,(H,22,26)(H,23,24,25). The Labute approximate surface area is 158 Å². The van der Waals surface area contributed by atoms with Crippen LogP contribution in [0.3, 0.4) is 0 Å². The number of aromatic amines is 1. The number of hydrogen-bond donors (Lipinski definition) is 2. The van der Waals surface area contributed by atoms with E-state index in [-0.39, 0.29) is 17.9 Å². The highest BCUT2D eigenvalue weighted by atomic mass is 35.5. The fraction of sp³-hybridized carbons (Fsp3) is 0.550. The number of amides is 1. The second-order valence-electron chi connectivity index (χ2n) is 7.60. The fourth-order valence-electron chi connectivity index (χ4n) is 4.42. The van der Waals surface area contributed by atoms with E-state index in [1.165, 1.54) is 19.3 Å². The van der Waals surface area contributed by atoms with Gasteiger partial charge in [0.15, 0.2) is 0 Å². The zero-order valence-electron chi connectivity index (χ0n) is 14.9. The van der Waals surface area contributed by atoms with E-state index in [0.29, 0.717) is 12.3 Å². The maximum Gasteiger partial charge on any atom is 0.224 e. The van der Waals surface area contributed by atoms with Gasteiger partial charge in [-0.3, -0.25) is 4.79 Å². The van der Waals surface area contributed by atoms with Crippen LogP contribution < -0.4 is 5.32 Å². The first kappa shape index (κ1) is 17.5. The highest BCUT2D eigenvalue weighted by Crippen LogP contribution is 2.36. The molecule has 1 saturated carbocycles. The Morgan fingerprint density at radius 2 is 1.96 bits per heavy atom. The highest BCUT2D eigenvalue weighted by Gasteiger charge is 2.32. The van der Waals surface area contributed by atoms with Gasteiger partial charge in [-0.05, 0) is 49.3 Å². The van der Waals surface area contributed by atoms with Gasteiger partial charge in [0, 0.05) is 17.4 Å². The molecule has 2 N–H and O–H groups in total. The molecule has 2 unspecified atom stereocenters. The van der Waals surface area contributed by atoms with Crippen molar-refractivity contribution in [2.45, 2.75) is 57.4 Å². The topological polar surface area (TPSA) is 70.7 Å². The second-order valence-corrected chi connectivity index (χ2v) is 8.03. The van der Waals surface area contributed by atoms with Gasteiger partial charge in [-0.15, -0.1) is 0 Å². The predicted molar refractivity (Wildman–Crippen MR) is 101 cm³/mol. The molecule has 2 aliphatic rings. The molecule has 26 heavy (non-hydrogen) atoms. The van der Waals surface area contributed by atoms with Crippen LogP contribution in [0.5, 0.6) is 0 Å². The summed E-state index contributed by atoms with van der Waals surface area (Å²) in [6, 6.07) is 7.99. The summed E-state index contributed by atoms with van der Waals surface area (Å²) < 4.78 is 0. The van der Waals surface area contributed by atoms with Crippen LogP contribution in [0.1, 0.15) is 61.5 Å². The van der Waals surface area contributed by atoms with Gasteiger partial charge in [0.1, 0.15) is 0 Å². The number of aromatic nitrogens is 3. The van der Waals surface area contributed by atoms with Crippen LogP contribution in [0.4, 0.5) is 0 Å². The Balaban J connectivity index is 1.51. The van der Waals surface area contributed by atoms with Gasteiger partial charge in [0.25, 0.3) is 0 Å². The molecule has 1 aromatic heterocycles. The molecule has 1 fully saturated rings. The van der Waals surface area contributed by atoms with Gasteiger partial charge in [0.05, 0.1) is 17.4 Å². The van der Waals surface area contributed by atoms with E-state index in [1.54, 1.807) is 0 Å². The van der Waals surface area contributed by atoms with Crippen LogP contribution >= 0.6 is 11.6 Å². The van der Waals surface area contributed by atoms with E-state index in [9.17, 15) is 4.79 Å². The molecule has 6 heteroatoms. The van der Waals surface area contributed by atoms with Gasteiger partial charge in [-0.2, -0.15) is 15.4 Å². The van der Waals surface area contributed by atoms with E-state index >= 15 is 0 Å². The summed E-state index contributed by atoms with van der Waals surface area (Å²) in [7, 11) is 0. The predicted octanol–water partition coefficient (Wildman–Crippen LogP) is 4.00. The monoisotopic (exact) mass is 372 g/mol. The Kier molecular flexibility index (Phi) is 5.25. The minimum Gasteiger partial charge on any atom is -0.349 e. The zero-order chi connectivity index (χ0) is 17.9. The summed E-state index contributed by atoms with van der Waals surface area (Å²) in [6.07, 6.45) is 8.42. The number of carbonyl (C=O) groups is 1. The molecule has 0 spiro atoms. The number of rotatable bonds is 4. The Morgan fingerprint density at radius 1 is 1.15 bits per heavy atom.